The maximum atomic E-state index is 10.5. The second-order valence-corrected chi connectivity index (χ2v) is 7.44. The number of rotatable bonds is 2. The standard InChI is InChI=1S/C6H5.HO3P.Pd/c1-2-4-6-5-3-1;1-4(2)3;/h1-5H;(H-,1,2,3);/q;;-1/p+1. The van der Waals surface area contributed by atoms with Gasteiger partial charge in [-0.05, 0) is 0 Å². The Morgan fingerprint density at radius 1 is 1.18 bits per heavy atom. The molecule has 0 aliphatic rings. The van der Waals surface area contributed by atoms with Gasteiger partial charge in [0.2, 0.25) is 0 Å². The molecule has 1 aromatic carbocycles. The molecule has 2 N–H and O–H groups in total. The third kappa shape index (κ3) is 3.81. The monoisotopic (exact) mass is 264 g/mol. The first-order valence-corrected chi connectivity index (χ1v) is 7.10. The maximum absolute atomic E-state index is 10.5. The third-order valence-electron chi connectivity index (χ3n) is 0.886. The van der Waals surface area contributed by atoms with E-state index >= 15 is 0 Å². The van der Waals surface area contributed by atoms with Gasteiger partial charge in [0.25, 0.3) is 0 Å². The molecule has 0 aromatic heterocycles. The molecule has 3 nitrogen and oxygen atoms in total. The Labute approximate surface area is 72.2 Å². The molecule has 0 saturated heterocycles. The first kappa shape index (κ1) is 9.12. The van der Waals surface area contributed by atoms with Gasteiger partial charge in [0, 0.05) is 0 Å². The van der Waals surface area contributed by atoms with E-state index in [0.29, 0.717) is 0 Å². The van der Waals surface area contributed by atoms with Crippen molar-refractivity contribution in [3.63, 3.8) is 0 Å². The van der Waals surface area contributed by atoms with E-state index in [2.05, 4.69) is 0 Å². The van der Waals surface area contributed by atoms with Crippen LogP contribution in [0, 0.1) is 0 Å². The minimum atomic E-state index is -3.84. The van der Waals surface area contributed by atoms with Crippen molar-refractivity contribution in [1.29, 1.82) is 0 Å². The third-order valence-corrected chi connectivity index (χ3v) is 4.31. The molecule has 0 heterocycles. The normalized spacial score (nSPS) is 11.8. The van der Waals surface area contributed by atoms with Crippen molar-refractivity contribution in [3.8, 4) is 0 Å². The van der Waals surface area contributed by atoms with Crippen molar-refractivity contribution in [3.05, 3.63) is 30.3 Å². The summed E-state index contributed by atoms with van der Waals surface area (Å²) in [5.41, 5.74) is 0. The van der Waals surface area contributed by atoms with E-state index < -0.39 is 23.3 Å². The van der Waals surface area contributed by atoms with Gasteiger partial charge in [-0.3, -0.25) is 0 Å². The molecule has 64 valence electrons. The second kappa shape index (κ2) is 3.62. The molecule has 5 heteroatoms. The summed E-state index contributed by atoms with van der Waals surface area (Å²) in [7, 11) is 0. The molecule has 1 aromatic rings. The van der Waals surface area contributed by atoms with Gasteiger partial charge >= 0.3 is 72.0 Å². The minimum absolute atomic E-state index is 0.617. The molecule has 1 rings (SSSR count). The van der Waals surface area contributed by atoms with E-state index in [1.807, 2.05) is 6.07 Å². The molecule has 0 bridgehead atoms. The summed E-state index contributed by atoms with van der Waals surface area (Å²) in [6, 6.07) is 8.78. The molecular weight excluding hydrogens is 257 g/mol. The molecule has 0 fully saturated rings. The molecule has 0 spiro atoms. The Hall–Kier alpha value is 0.0323. The van der Waals surface area contributed by atoms with E-state index in [-0.39, 0.29) is 0 Å². The fourth-order valence-corrected chi connectivity index (χ4v) is 3.43. The number of hydrogen-bond acceptors (Lipinski definition) is 1. The van der Waals surface area contributed by atoms with Gasteiger partial charge in [0.05, 0.1) is 0 Å². The molecule has 0 saturated carbocycles. The quantitative estimate of drug-likeness (QED) is 0.604. The SMILES string of the molecule is O=[P](O)(O)[Pd][c]1ccccc1. The summed E-state index contributed by atoms with van der Waals surface area (Å²) in [5.74, 6) is -3.84. The van der Waals surface area contributed by atoms with Gasteiger partial charge in [0.1, 0.15) is 0 Å². The van der Waals surface area contributed by atoms with E-state index in [4.69, 9.17) is 9.79 Å². The predicted octanol–water partition coefficient (Wildman–Crippen LogP) is 0.487. The summed E-state index contributed by atoms with van der Waals surface area (Å²) in [6.45, 7) is 0. The van der Waals surface area contributed by atoms with Crippen molar-refractivity contribution < 1.29 is 31.8 Å². The van der Waals surface area contributed by atoms with Crippen LogP contribution in [-0.4, -0.2) is 9.79 Å². The summed E-state index contributed by atoms with van der Waals surface area (Å²) >= 11 is -0.617. The Morgan fingerprint density at radius 3 is 2.18 bits per heavy atom. The summed E-state index contributed by atoms with van der Waals surface area (Å²) in [6.07, 6.45) is 0. The van der Waals surface area contributed by atoms with E-state index in [9.17, 15) is 4.57 Å². The van der Waals surface area contributed by atoms with Crippen molar-refractivity contribution in [2.45, 2.75) is 0 Å². The average molecular weight is 265 g/mol. The summed E-state index contributed by atoms with van der Waals surface area (Å²) < 4.78 is 11.2. The molecule has 11 heavy (non-hydrogen) atoms. The topological polar surface area (TPSA) is 57.5 Å². The zero-order chi connectivity index (χ0) is 8.32. The van der Waals surface area contributed by atoms with Gasteiger partial charge in [0.15, 0.2) is 0 Å². The Bertz CT molecular complexity index is 268. The van der Waals surface area contributed by atoms with E-state index in [1.54, 1.807) is 24.3 Å². The molecule has 0 aliphatic carbocycles. The van der Waals surface area contributed by atoms with Crippen molar-refractivity contribution >= 4 is 9.82 Å². The van der Waals surface area contributed by atoms with Crippen LogP contribution in [0.1, 0.15) is 0 Å². The van der Waals surface area contributed by atoms with Crippen molar-refractivity contribution in [2.24, 2.45) is 0 Å². The van der Waals surface area contributed by atoms with Crippen LogP contribution in [0.2, 0.25) is 0 Å². The van der Waals surface area contributed by atoms with Gasteiger partial charge in [-0.25, -0.2) is 0 Å². The second-order valence-electron chi connectivity index (χ2n) is 1.77. The molecule has 0 radical (unpaired) electrons. The average Bonchev–Trinajstić information content (AvgIpc) is 1.85. The van der Waals surface area contributed by atoms with Crippen LogP contribution in [0.5, 0.6) is 0 Å². The molecular formula is C6H7O3PPd. The van der Waals surface area contributed by atoms with Crippen LogP contribution in [0.4, 0.5) is 0 Å². The zero-order valence-electron chi connectivity index (χ0n) is 5.45. The van der Waals surface area contributed by atoms with Crippen LogP contribution in [0.15, 0.2) is 30.3 Å². The Balaban J connectivity index is 2.74. The first-order valence-electron chi connectivity index (χ1n) is 2.79. The number of benzene rings is 1. The van der Waals surface area contributed by atoms with Crippen molar-refractivity contribution in [1.82, 2.24) is 0 Å². The van der Waals surface area contributed by atoms with E-state index in [1.165, 1.54) is 0 Å². The molecule has 0 aliphatic heterocycles. The molecule has 0 atom stereocenters. The van der Waals surface area contributed by atoms with Gasteiger partial charge in [-0.1, -0.05) is 0 Å². The van der Waals surface area contributed by atoms with Crippen LogP contribution in [0.25, 0.3) is 0 Å². The van der Waals surface area contributed by atoms with Crippen LogP contribution < -0.4 is 4.04 Å². The first-order chi connectivity index (χ1) is 5.08. The predicted molar refractivity (Wildman–Crippen MR) is 38.1 cm³/mol. The summed E-state index contributed by atoms with van der Waals surface area (Å²) in [4.78, 5) is 17.2. The fourth-order valence-electron chi connectivity index (χ4n) is 0.556. The van der Waals surface area contributed by atoms with E-state index in [0.717, 1.165) is 4.04 Å². The van der Waals surface area contributed by atoms with Gasteiger partial charge in [-0.2, -0.15) is 0 Å². The van der Waals surface area contributed by atoms with Crippen LogP contribution in [-0.2, 0) is 22.0 Å². The van der Waals surface area contributed by atoms with Crippen LogP contribution >= 0.6 is 5.78 Å². The Morgan fingerprint density at radius 2 is 1.73 bits per heavy atom. The van der Waals surface area contributed by atoms with Gasteiger partial charge < -0.3 is 0 Å². The number of hydrogen-bond donors (Lipinski definition) is 2. The van der Waals surface area contributed by atoms with Gasteiger partial charge in [-0.15, -0.1) is 0 Å². The fraction of sp³-hybridized carbons (Fsp3) is 0. The summed E-state index contributed by atoms with van der Waals surface area (Å²) in [5, 5.41) is 0. The van der Waals surface area contributed by atoms with Crippen LogP contribution in [0.3, 0.4) is 0 Å². The molecule has 0 amide bonds. The molecule has 0 unspecified atom stereocenters. The van der Waals surface area contributed by atoms with Crippen molar-refractivity contribution in [2.75, 3.05) is 0 Å². The Kier molecular flexibility index (Phi) is 3.00. The zero-order valence-corrected chi connectivity index (χ0v) is 7.90.